The molecule has 2 fully saturated rings. The fraction of sp³-hybridized carbons (Fsp3) is 0.417. The first-order valence-electron chi connectivity index (χ1n) is 10.4. The van der Waals surface area contributed by atoms with E-state index in [0.717, 1.165) is 35.5 Å². The van der Waals surface area contributed by atoms with Crippen molar-refractivity contribution in [1.29, 1.82) is 0 Å². The van der Waals surface area contributed by atoms with E-state index in [0.29, 0.717) is 13.2 Å². The molecule has 6 heteroatoms. The van der Waals surface area contributed by atoms with Gasteiger partial charge < -0.3 is 19.7 Å². The summed E-state index contributed by atoms with van der Waals surface area (Å²) < 4.78 is 10.6. The summed E-state index contributed by atoms with van der Waals surface area (Å²) in [5.41, 5.74) is 2.21. The van der Waals surface area contributed by atoms with Crippen molar-refractivity contribution < 1.29 is 29.3 Å². The van der Waals surface area contributed by atoms with Gasteiger partial charge in [0.2, 0.25) is 0 Å². The molecule has 0 saturated heterocycles. The summed E-state index contributed by atoms with van der Waals surface area (Å²) >= 11 is 0. The largest absolute Gasteiger partial charge is 0.494 e. The van der Waals surface area contributed by atoms with Crippen molar-refractivity contribution in [2.24, 2.45) is 11.8 Å². The molecule has 6 nitrogen and oxygen atoms in total. The molecule has 2 aromatic rings. The number of hydrogen-bond donors (Lipinski definition) is 2. The minimum Gasteiger partial charge on any atom is -0.494 e. The van der Waals surface area contributed by atoms with Crippen LogP contribution in [0.25, 0.3) is 0 Å². The van der Waals surface area contributed by atoms with Gasteiger partial charge in [0, 0.05) is 0 Å². The monoisotopic (exact) mass is 412 g/mol. The number of carboxylic acid groups (broad SMARTS) is 2. The smallest absolute Gasteiger partial charge is 0.307 e. The van der Waals surface area contributed by atoms with Crippen LogP contribution in [0.4, 0.5) is 0 Å². The van der Waals surface area contributed by atoms with Gasteiger partial charge in [-0.3, -0.25) is 9.59 Å². The summed E-state index contributed by atoms with van der Waals surface area (Å²) in [6.07, 6.45) is 1.53. The zero-order chi connectivity index (χ0) is 21.7. The normalized spacial score (nSPS) is 23.5. The molecular formula is C24H28O6. The van der Waals surface area contributed by atoms with Gasteiger partial charge in [0.15, 0.2) is 0 Å². The van der Waals surface area contributed by atoms with Crippen molar-refractivity contribution in [3.63, 3.8) is 0 Å². The Hall–Kier alpha value is -3.02. The van der Waals surface area contributed by atoms with Crippen molar-refractivity contribution in [2.45, 2.75) is 38.5 Å². The molecule has 30 heavy (non-hydrogen) atoms. The highest BCUT2D eigenvalue weighted by Gasteiger charge is 2.44. The molecule has 0 radical (unpaired) electrons. The van der Waals surface area contributed by atoms with Gasteiger partial charge in [-0.2, -0.15) is 0 Å². The Labute approximate surface area is 176 Å². The van der Waals surface area contributed by atoms with Crippen LogP contribution in [0.2, 0.25) is 0 Å². The highest BCUT2D eigenvalue weighted by molar-refractivity contribution is 5.75. The number of benzene rings is 2. The molecule has 160 valence electrons. The van der Waals surface area contributed by atoms with Crippen LogP contribution in [-0.2, 0) is 9.59 Å². The zero-order valence-corrected chi connectivity index (χ0v) is 17.3. The summed E-state index contributed by atoms with van der Waals surface area (Å²) in [6, 6.07) is 15.4. The third-order valence-corrected chi connectivity index (χ3v) is 5.45. The molecule has 2 aliphatic rings. The molecule has 0 aromatic heterocycles. The molecule has 2 aromatic carbocycles. The second-order valence-corrected chi connectivity index (χ2v) is 7.58. The quantitative estimate of drug-likeness (QED) is 0.661. The molecule has 4 unspecified atom stereocenters. The Morgan fingerprint density at radius 3 is 1.30 bits per heavy atom. The van der Waals surface area contributed by atoms with Crippen molar-refractivity contribution in [1.82, 2.24) is 0 Å². The summed E-state index contributed by atoms with van der Waals surface area (Å²) in [4.78, 5) is 21.4. The summed E-state index contributed by atoms with van der Waals surface area (Å²) in [5.74, 6) is 0.368. The number of ether oxygens (including phenoxy) is 2. The summed E-state index contributed by atoms with van der Waals surface area (Å²) in [5, 5.41) is 17.6. The molecule has 0 spiro atoms. The lowest BCUT2D eigenvalue weighted by Crippen LogP contribution is -1.99. The number of carbonyl (C=O) groups is 2. The van der Waals surface area contributed by atoms with Gasteiger partial charge in [-0.1, -0.05) is 24.3 Å². The van der Waals surface area contributed by atoms with E-state index in [-0.39, 0.29) is 23.7 Å². The molecule has 0 bridgehead atoms. The average molecular weight is 412 g/mol. The van der Waals surface area contributed by atoms with Gasteiger partial charge in [0.05, 0.1) is 25.0 Å². The molecule has 0 amide bonds. The third-order valence-electron chi connectivity index (χ3n) is 5.45. The molecule has 0 aliphatic heterocycles. The topological polar surface area (TPSA) is 93.1 Å². The van der Waals surface area contributed by atoms with Crippen molar-refractivity contribution >= 4 is 11.9 Å². The SMILES string of the molecule is CCOc1ccc(C2CC2C(=O)O)cc1.CCOc1ccc(C2CC2C(=O)O)cc1. The maximum atomic E-state index is 10.7. The van der Waals surface area contributed by atoms with E-state index in [1.54, 1.807) is 0 Å². The van der Waals surface area contributed by atoms with E-state index in [1.807, 2.05) is 62.4 Å². The average Bonchev–Trinajstić information content (AvgIpc) is 3.63. The van der Waals surface area contributed by atoms with Gasteiger partial charge in [0.25, 0.3) is 0 Å². The van der Waals surface area contributed by atoms with E-state index in [9.17, 15) is 9.59 Å². The molecule has 2 saturated carbocycles. The standard InChI is InChI=1S/2C12H14O3/c2*1-2-15-9-5-3-8(4-6-9)10-7-11(10)12(13)14/h2*3-6,10-11H,2,7H2,1H3,(H,13,14). The zero-order valence-electron chi connectivity index (χ0n) is 17.3. The van der Waals surface area contributed by atoms with Crippen molar-refractivity contribution in [3.8, 4) is 11.5 Å². The van der Waals surface area contributed by atoms with Crippen LogP contribution in [0, 0.1) is 11.8 Å². The maximum Gasteiger partial charge on any atom is 0.307 e. The van der Waals surface area contributed by atoms with E-state index in [2.05, 4.69) is 0 Å². The second kappa shape index (κ2) is 9.65. The molecule has 2 aliphatic carbocycles. The van der Waals surface area contributed by atoms with Gasteiger partial charge in [-0.15, -0.1) is 0 Å². The van der Waals surface area contributed by atoms with Crippen LogP contribution in [0.3, 0.4) is 0 Å². The van der Waals surface area contributed by atoms with Gasteiger partial charge in [0.1, 0.15) is 11.5 Å². The fourth-order valence-electron chi connectivity index (χ4n) is 3.63. The lowest BCUT2D eigenvalue weighted by atomic mass is 10.1. The predicted octanol–water partition coefficient (Wildman–Crippen LogP) is 4.55. The molecule has 4 atom stereocenters. The van der Waals surface area contributed by atoms with Crippen LogP contribution in [0.15, 0.2) is 48.5 Å². The Balaban J connectivity index is 0.000000171. The molecule has 0 heterocycles. The van der Waals surface area contributed by atoms with Crippen LogP contribution in [-0.4, -0.2) is 35.4 Å². The van der Waals surface area contributed by atoms with Crippen molar-refractivity contribution in [2.75, 3.05) is 13.2 Å². The van der Waals surface area contributed by atoms with Crippen molar-refractivity contribution in [3.05, 3.63) is 59.7 Å². The first-order valence-corrected chi connectivity index (χ1v) is 10.4. The third kappa shape index (κ3) is 5.53. The first kappa shape index (κ1) is 21.7. The number of aliphatic carboxylic acids is 2. The highest BCUT2D eigenvalue weighted by Crippen LogP contribution is 2.48. The summed E-state index contributed by atoms with van der Waals surface area (Å²) in [6.45, 7) is 5.19. The van der Waals surface area contributed by atoms with Gasteiger partial charge in [-0.25, -0.2) is 0 Å². The Morgan fingerprint density at radius 2 is 1.07 bits per heavy atom. The first-order chi connectivity index (χ1) is 14.4. The fourth-order valence-corrected chi connectivity index (χ4v) is 3.63. The highest BCUT2D eigenvalue weighted by atomic mass is 16.5. The van der Waals surface area contributed by atoms with E-state index in [4.69, 9.17) is 19.7 Å². The van der Waals surface area contributed by atoms with Crippen LogP contribution in [0.1, 0.15) is 49.7 Å². The predicted molar refractivity (Wildman–Crippen MR) is 112 cm³/mol. The number of carboxylic acids is 2. The van der Waals surface area contributed by atoms with Crippen LogP contribution in [0.5, 0.6) is 11.5 Å². The number of rotatable bonds is 8. The Morgan fingerprint density at radius 1 is 0.733 bits per heavy atom. The Bertz CT molecular complexity index is 785. The van der Waals surface area contributed by atoms with E-state index in [1.165, 1.54) is 0 Å². The lowest BCUT2D eigenvalue weighted by molar-refractivity contribution is -0.139. The molecule has 2 N–H and O–H groups in total. The van der Waals surface area contributed by atoms with Crippen LogP contribution >= 0.6 is 0 Å². The molecular weight excluding hydrogens is 384 g/mol. The van der Waals surface area contributed by atoms with Crippen LogP contribution < -0.4 is 9.47 Å². The number of hydrogen-bond acceptors (Lipinski definition) is 4. The lowest BCUT2D eigenvalue weighted by Gasteiger charge is -2.03. The van der Waals surface area contributed by atoms with Gasteiger partial charge >= 0.3 is 11.9 Å². The maximum absolute atomic E-state index is 10.7. The summed E-state index contributed by atoms with van der Waals surface area (Å²) in [7, 11) is 0. The van der Waals surface area contributed by atoms with Gasteiger partial charge in [-0.05, 0) is 73.9 Å². The Kier molecular flexibility index (Phi) is 6.98. The van der Waals surface area contributed by atoms with E-state index < -0.39 is 11.9 Å². The minimum atomic E-state index is -0.686. The minimum absolute atomic E-state index is 0.178. The molecule has 4 rings (SSSR count). The van der Waals surface area contributed by atoms with E-state index >= 15 is 0 Å². The second-order valence-electron chi connectivity index (χ2n) is 7.58.